The molecule has 0 bridgehead atoms. The van der Waals surface area contributed by atoms with Gasteiger partial charge in [0.2, 0.25) is 0 Å². The van der Waals surface area contributed by atoms with E-state index in [-0.39, 0.29) is 11.1 Å². The lowest BCUT2D eigenvalue weighted by Crippen LogP contribution is -2.46. The summed E-state index contributed by atoms with van der Waals surface area (Å²) in [6.45, 7) is 7.71. The second-order valence-electron chi connectivity index (χ2n) is 9.16. The molecule has 3 aliphatic heterocycles. The number of aromatic nitrogens is 2. The fraction of sp³-hybridized carbons (Fsp3) is 0.591. The number of imidazole rings is 1. The van der Waals surface area contributed by atoms with Crippen molar-refractivity contribution < 1.29 is 4.74 Å². The van der Waals surface area contributed by atoms with Crippen LogP contribution in [0.15, 0.2) is 24.3 Å². The first-order valence-corrected chi connectivity index (χ1v) is 10.2. The molecular formula is C22H30N4O. The van der Waals surface area contributed by atoms with E-state index in [1.165, 1.54) is 11.5 Å². The van der Waals surface area contributed by atoms with Crippen LogP contribution in [0.5, 0.6) is 5.75 Å². The number of nitrogens with one attached hydrogen (secondary N) is 1. The van der Waals surface area contributed by atoms with Crippen LogP contribution in [0.25, 0.3) is 11.3 Å². The third-order valence-electron chi connectivity index (χ3n) is 7.06. The Morgan fingerprint density at radius 3 is 2.59 bits per heavy atom. The molecule has 0 amide bonds. The highest BCUT2D eigenvalue weighted by atomic mass is 16.5. The molecule has 1 unspecified atom stereocenters. The SMILES string of the molecule is CN1CC(c2nc3c(n2C)C2(CCNCC2)Oc2ccccc2-3)CC1(C)C. The van der Waals surface area contributed by atoms with Crippen LogP contribution in [0.1, 0.15) is 50.5 Å². The van der Waals surface area contributed by atoms with Crippen LogP contribution in [0.2, 0.25) is 0 Å². The largest absolute Gasteiger partial charge is 0.480 e. The monoisotopic (exact) mass is 366 g/mol. The number of likely N-dealkylation sites (N-methyl/N-ethyl adjacent to an activating group) is 1. The number of ether oxygens (including phenoxy) is 1. The third kappa shape index (κ3) is 2.48. The molecule has 4 heterocycles. The van der Waals surface area contributed by atoms with Crippen LogP contribution in [0.4, 0.5) is 0 Å². The van der Waals surface area contributed by atoms with Gasteiger partial charge in [-0.15, -0.1) is 0 Å². The molecule has 1 aromatic carbocycles. The van der Waals surface area contributed by atoms with Crippen LogP contribution in [-0.4, -0.2) is 46.7 Å². The van der Waals surface area contributed by atoms with Gasteiger partial charge in [-0.25, -0.2) is 4.98 Å². The molecule has 2 aromatic rings. The van der Waals surface area contributed by atoms with Crippen LogP contribution < -0.4 is 10.1 Å². The van der Waals surface area contributed by atoms with Crippen molar-refractivity contribution in [3.63, 3.8) is 0 Å². The molecule has 27 heavy (non-hydrogen) atoms. The zero-order valence-corrected chi connectivity index (χ0v) is 16.9. The van der Waals surface area contributed by atoms with Crippen LogP contribution in [-0.2, 0) is 12.6 Å². The maximum Gasteiger partial charge on any atom is 0.153 e. The zero-order valence-electron chi connectivity index (χ0n) is 16.9. The minimum Gasteiger partial charge on any atom is -0.480 e. The Labute approximate surface area is 161 Å². The predicted molar refractivity (Wildman–Crippen MR) is 107 cm³/mol. The van der Waals surface area contributed by atoms with Crippen molar-refractivity contribution in [1.82, 2.24) is 19.8 Å². The number of likely N-dealkylation sites (tertiary alicyclic amines) is 1. The molecule has 2 fully saturated rings. The van der Waals surface area contributed by atoms with Gasteiger partial charge >= 0.3 is 0 Å². The zero-order chi connectivity index (χ0) is 18.8. The molecule has 1 N–H and O–H groups in total. The second-order valence-corrected chi connectivity index (χ2v) is 9.16. The number of hydrogen-bond acceptors (Lipinski definition) is 4. The molecule has 0 saturated carbocycles. The molecule has 1 spiro atoms. The lowest BCUT2D eigenvalue weighted by Gasteiger charge is -2.41. The first kappa shape index (κ1) is 17.3. The summed E-state index contributed by atoms with van der Waals surface area (Å²) in [7, 11) is 4.43. The van der Waals surface area contributed by atoms with Crippen molar-refractivity contribution in [1.29, 1.82) is 0 Å². The first-order chi connectivity index (χ1) is 12.9. The highest BCUT2D eigenvalue weighted by molar-refractivity contribution is 5.73. The van der Waals surface area contributed by atoms with E-state index in [2.05, 4.69) is 67.0 Å². The summed E-state index contributed by atoms with van der Waals surface area (Å²) in [4.78, 5) is 7.73. The van der Waals surface area contributed by atoms with Gasteiger partial charge < -0.3 is 19.5 Å². The summed E-state index contributed by atoms with van der Waals surface area (Å²) in [6, 6.07) is 8.41. The number of piperidine rings is 1. The number of nitrogens with zero attached hydrogens (tertiary/aromatic N) is 3. The summed E-state index contributed by atoms with van der Waals surface area (Å²) < 4.78 is 9.07. The Morgan fingerprint density at radius 1 is 1.15 bits per heavy atom. The standard InChI is InChI=1S/C22H30N4O/c1-21(2)13-15(14-25(21)3)20-24-18-16-7-5-6-8-17(16)27-22(19(18)26(20)4)9-11-23-12-10-22/h5-8,15,23H,9-14H2,1-4H3. The van der Waals surface area contributed by atoms with E-state index in [0.29, 0.717) is 5.92 Å². The summed E-state index contributed by atoms with van der Waals surface area (Å²) in [5.74, 6) is 2.67. The van der Waals surface area contributed by atoms with Gasteiger partial charge in [-0.3, -0.25) is 0 Å². The average molecular weight is 367 g/mol. The van der Waals surface area contributed by atoms with E-state index in [0.717, 1.165) is 55.9 Å². The highest BCUT2D eigenvalue weighted by Crippen LogP contribution is 2.50. The van der Waals surface area contributed by atoms with Gasteiger partial charge in [-0.05, 0) is 52.5 Å². The van der Waals surface area contributed by atoms with E-state index in [9.17, 15) is 0 Å². The van der Waals surface area contributed by atoms with Crippen LogP contribution >= 0.6 is 0 Å². The summed E-state index contributed by atoms with van der Waals surface area (Å²) in [5.41, 5.74) is 3.53. The van der Waals surface area contributed by atoms with Gasteiger partial charge in [-0.1, -0.05) is 12.1 Å². The van der Waals surface area contributed by atoms with Gasteiger partial charge in [0.15, 0.2) is 5.60 Å². The maximum atomic E-state index is 6.69. The number of benzene rings is 1. The molecule has 144 valence electrons. The van der Waals surface area contributed by atoms with E-state index >= 15 is 0 Å². The fourth-order valence-electron chi connectivity index (χ4n) is 5.34. The van der Waals surface area contributed by atoms with Gasteiger partial charge in [0.25, 0.3) is 0 Å². The number of para-hydroxylation sites is 1. The quantitative estimate of drug-likeness (QED) is 0.841. The van der Waals surface area contributed by atoms with Crippen molar-refractivity contribution in [3.8, 4) is 17.0 Å². The van der Waals surface area contributed by atoms with E-state index in [1.54, 1.807) is 0 Å². The average Bonchev–Trinajstić information content (AvgIpc) is 3.13. The minimum absolute atomic E-state index is 0.220. The van der Waals surface area contributed by atoms with Gasteiger partial charge in [0, 0.05) is 43.5 Å². The van der Waals surface area contributed by atoms with Crippen molar-refractivity contribution in [2.75, 3.05) is 26.7 Å². The number of fused-ring (bicyclic) bond motifs is 4. The second kappa shape index (κ2) is 5.82. The smallest absolute Gasteiger partial charge is 0.153 e. The lowest BCUT2D eigenvalue weighted by atomic mass is 9.84. The van der Waals surface area contributed by atoms with E-state index in [4.69, 9.17) is 9.72 Å². The molecule has 5 nitrogen and oxygen atoms in total. The molecular weight excluding hydrogens is 336 g/mol. The normalized spacial score (nSPS) is 25.9. The molecule has 2 saturated heterocycles. The van der Waals surface area contributed by atoms with Crippen molar-refractivity contribution in [2.24, 2.45) is 7.05 Å². The third-order valence-corrected chi connectivity index (χ3v) is 7.06. The summed E-state index contributed by atoms with van der Waals surface area (Å²) in [6.07, 6.45) is 3.12. The summed E-state index contributed by atoms with van der Waals surface area (Å²) in [5, 5.41) is 3.49. The molecule has 5 rings (SSSR count). The highest BCUT2D eigenvalue weighted by Gasteiger charge is 2.47. The van der Waals surface area contributed by atoms with Crippen LogP contribution in [0, 0.1) is 0 Å². The molecule has 1 aromatic heterocycles. The lowest BCUT2D eigenvalue weighted by molar-refractivity contribution is 0.0236. The summed E-state index contributed by atoms with van der Waals surface area (Å²) >= 11 is 0. The Hall–Kier alpha value is -1.85. The molecule has 3 aliphatic rings. The maximum absolute atomic E-state index is 6.69. The van der Waals surface area contributed by atoms with Crippen molar-refractivity contribution in [2.45, 2.75) is 50.2 Å². The van der Waals surface area contributed by atoms with E-state index in [1.807, 2.05) is 0 Å². The van der Waals surface area contributed by atoms with Crippen LogP contribution in [0.3, 0.4) is 0 Å². The fourth-order valence-corrected chi connectivity index (χ4v) is 5.34. The molecule has 1 atom stereocenters. The predicted octanol–water partition coefficient (Wildman–Crippen LogP) is 3.26. The molecule has 5 heteroatoms. The number of rotatable bonds is 1. The first-order valence-electron chi connectivity index (χ1n) is 10.2. The Kier molecular flexibility index (Phi) is 3.72. The molecule has 0 aliphatic carbocycles. The van der Waals surface area contributed by atoms with Gasteiger partial charge in [0.05, 0.1) is 11.4 Å². The molecule has 0 radical (unpaired) electrons. The minimum atomic E-state index is -0.255. The Balaban J connectivity index is 1.67. The van der Waals surface area contributed by atoms with Crippen molar-refractivity contribution in [3.05, 3.63) is 35.8 Å². The topological polar surface area (TPSA) is 42.3 Å². The van der Waals surface area contributed by atoms with E-state index < -0.39 is 0 Å². The number of hydrogen-bond donors (Lipinski definition) is 1. The van der Waals surface area contributed by atoms with Crippen molar-refractivity contribution >= 4 is 0 Å². The Morgan fingerprint density at radius 2 is 1.89 bits per heavy atom. The van der Waals surface area contributed by atoms with Gasteiger partial charge in [-0.2, -0.15) is 0 Å². The van der Waals surface area contributed by atoms with Gasteiger partial charge in [0.1, 0.15) is 11.6 Å². The Bertz CT molecular complexity index is 878.